The number of pyridine rings is 1. The third-order valence-corrected chi connectivity index (χ3v) is 16.9. The molecule has 4 saturated heterocycles. The van der Waals surface area contributed by atoms with Crippen molar-refractivity contribution in [2.24, 2.45) is 5.92 Å². The van der Waals surface area contributed by atoms with Crippen LogP contribution >= 0.6 is 11.6 Å². The summed E-state index contributed by atoms with van der Waals surface area (Å²) in [5.41, 5.74) is 7.55. The van der Waals surface area contributed by atoms with Gasteiger partial charge in [0.15, 0.2) is 5.75 Å². The molecule has 4 aliphatic heterocycles. The molecule has 13 rings (SSSR count). The lowest BCUT2D eigenvalue weighted by molar-refractivity contribution is -0.142. The van der Waals surface area contributed by atoms with E-state index >= 15 is 4.39 Å². The molecular weight excluding hydrogens is 1060 g/mol. The minimum Gasteiger partial charge on any atom is -0.486 e. The van der Waals surface area contributed by atoms with Gasteiger partial charge in [-0.1, -0.05) is 85.3 Å². The molecule has 19 nitrogen and oxygen atoms in total. The summed E-state index contributed by atoms with van der Waals surface area (Å²) in [6.45, 7) is 6.24. The second-order valence-corrected chi connectivity index (χ2v) is 22.7. The van der Waals surface area contributed by atoms with Gasteiger partial charge in [-0.2, -0.15) is 15.1 Å². The molecule has 8 heterocycles. The first-order valence-corrected chi connectivity index (χ1v) is 28.3. The fraction of sp³-hybridized carbons (Fsp3) is 0.400. The summed E-state index contributed by atoms with van der Waals surface area (Å²) in [7, 11) is 0. The van der Waals surface area contributed by atoms with E-state index in [-0.39, 0.29) is 67.1 Å². The number of likely N-dealkylation sites (tertiary alicyclic amines) is 1. The molecule has 2 bridgehead atoms. The highest BCUT2D eigenvalue weighted by Gasteiger charge is 2.44. The third kappa shape index (κ3) is 10.3. The molecular formula is C60H62ClFN12O7. The van der Waals surface area contributed by atoms with Crippen molar-refractivity contribution in [2.75, 3.05) is 44.4 Å². The Labute approximate surface area is 471 Å². The number of anilines is 1. The third-order valence-electron chi connectivity index (χ3n) is 16.6. The number of hydrogen-bond acceptors (Lipinski definition) is 15. The van der Waals surface area contributed by atoms with Crippen LogP contribution in [0, 0.1) is 11.7 Å². The van der Waals surface area contributed by atoms with Gasteiger partial charge in [0.2, 0.25) is 11.8 Å². The predicted octanol–water partition coefficient (Wildman–Crippen LogP) is 7.86. The van der Waals surface area contributed by atoms with Crippen LogP contribution in [0.4, 0.5) is 10.2 Å². The largest absolute Gasteiger partial charge is 0.486 e. The molecule has 2 amide bonds. The molecule has 81 heavy (non-hydrogen) atoms. The number of ether oxygens (including phenoxy) is 3. The highest BCUT2D eigenvalue weighted by atomic mass is 35.5. The number of nitrogens with zero attached hydrogens (tertiary/aromatic N) is 9. The van der Waals surface area contributed by atoms with Crippen LogP contribution in [0.5, 0.6) is 11.8 Å². The average Bonchev–Trinajstić information content (AvgIpc) is 4.11. The number of β-amino-alcohol motifs (C(OH)–C–C–N with tert-alkyl or cyclic N) is 1. The van der Waals surface area contributed by atoms with Gasteiger partial charge in [0, 0.05) is 96.3 Å². The van der Waals surface area contributed by atoms with E-state index in [9.17, 15) is 19.8 Å². The van der Waals surface area contributed by atoms with Crippen molar-refractivity contribution in [3.63, 3.8) is 0 Å². The predicted molar refractivity (Wildman–Crippen MR) is 301 cm³/mol. The van der Waals surface area contributed by atoms with E-state index < -0.39 is 36.0 Å². The van der Waals surface area contributed by atoms with Crippen molar-refractivity contribution in [3.8, 4) is 45.4 Å². The van der Waals surface area contributed by atoms with E-state index in [2.05, 4.69) is 47.1 Å². The summed E-state index contributed by atoms with van der Waals surface area (Å²) in [5, 5.41) is 45.5. The van der Waals surface area contributed by atoms with Crippen molar-refractivity contribution in [2.45, 2.75) is 107 Å². The number of nitrogens with one attached hydrogen (secondary N) is 3. The second-order valence-electron chi connectivity index (χ2n) is 22.4. The van der Waals surface area contributed by atoms with Crippen LogP contribution in [-0.4, -0.2) is 137 Å². The summed E-state index contributed by atoms with van der Waals surface area (Å²) < 4.78 is 36.9. The first kappa shape index (κ1) is 52.7. The van der Waals surface area contributed by atoms with E-state index in [4.69, 9.17) is 35.8 Å². The van der Waals surface area contributed by atoms with Gasteiger partial charge in [0.05, 0.1) is 60.6 Å². The Morgan fingerprint density at radius 3 is 2.44 bits per heavy atom. The minimum absolute atomic E-state index is 0.0340. The molecule has 21 heteroatoms. The van der Waals surface area contributed by atoms with Crippen LogP contribution in [0.15, 0.2) is 97.5 Å². The van der Waals surface area contributed by atoms with Crippen LogP contribution in [0.2, 0.25) is 5.02 Å². The summed E-state index contributed by atoms with van der Waals surface area (Å²) in [6.07, 6.45) is 8.34. The van der Waals surface area contributed by atoms with Crippen LogP contribution in [0.3, 0.4) is 0 Å². The standard InChI is InChI=1S/C60H62ClFN12O7/c1-32(2)55(59(78)73-28-40(76)22-50(73)58(77)66-49(30-75)37-14-12-35(13-15-37)46-5-3-4-18-63-46)74-29-48(70-71-74)36-8-6-33(7-9-36)31-80-56-52(51-44-26-65-69-47(44)24-45(62)53(51)61)42(34-10-11-34)23-43-54(56)67-60(81-41-16-19-79-20-17-41)68-57(43)72-27-38-21-39(72)25-64-38/h3-9,12-15,18,23-24,26,29,32,34,38-41,49-50,55,64,75-76H,10-11,16-17,19-22,25,27-28,30-31H2,1-2H3,(H,65,69)(H,66,77)/t38-,39-,40+,49-,50-,55-/m0/s1. The zero-order valence-electron chi connectivity index (χ0n) is 44.8. The molecule has 4 aromatic heterocycles. The molecule has 418 valence electrons. The van der Waals surface area contributed by atoms with Crippen molar-refractivity contribution >= 4 is 51.0 Å². The average molecular weight is 1120 g/mol. The molecule has 1 aliphatic carbocycles. The van der Waals surface area contributed by atoms with Gasteiger partial charge in [0.25, 0.3) is 0 Å². The van der Waals surface area contributed by atoms with E-state index in [0.717, 1.165) is 71.5 Å². The molecule has 4 aromatic carbocycles. The van der Waals surface area contributed by atoms with Crippen LogP contribution < -0.4 is 25.0 Å². The Morgan fingerprint density at radius 2 is 1.73 bits per heavy atom. The maximum Gasteiger partial charge on any atom is 0.319 e. The number of hydrogen-bond donors (Lipinski definition) is 5. The molecule has 6 atom stereocenters. The first-order valence-electron chi connectivity index (χ1n) is 28.0. The Hall–Kier alpha value is -7.62. The van der Waals surface area contributed by atoms with E-state index in [1.165, 1.54) is 15.6 Å². The molecule has 0 radical (unpaired) electrons. The number of aliphatic hydroxyl groups excluding tert-OH is 2. The Balaban J connectivity index is 0.785. The number of aliphatic hydroxyl groups is 2. The second kappa shape index (κ2) is 22.0. The summed E-state index contributed by atoms with van der Waals surface area (Å²) >= 11 is 7.06. The van der Waals surface area contributed by atoms with Crippen molar-refractivity contribution in [1.82, 2.24) is 55.7 Å². The number of H-pyrrole nitrogens is 1. The molecule has 1 saturated carbocycles. The SMILES string of the molecule is CC(C)[C@@H](C(=O)N1C[C@H](O)C[C@H]1C(=O)N[C@@H](CO)c1ccc(-c2ccccn2)cc1)n1cc(-c2ccc(COc3c(-c4c(Cl)c(F)cc5[nH]ncc45)c(C4CC4)cc4c(N5C[C@@H]6C[C@H]5CN6)nc(OC5CCOCC5)nc34)cc2)nn1. The van der Waals surface area contributed by atoms with E-state index in [1.54, 1.807) is 18.6 Å². The van der Waals surface area contributed by atoms with Crippen LogP contribution in [-0.2, 0) is 20.9 Å². The zero-order chi connectivity index (χ0) is 55.5. The maximum atomic E-state index is 16.0. The highest BCUT2D eigenvalue weighted by molar-refractivity contribution is 6.35. The molecule has 5 N–H and O–H groups in total. The number of rotatable bonds is 17. The van der Waals surface area contributed by atoms with Crippen molar-refractivity contribution < 1.29 is 38.4 Å². The van der Waals surface area contributed by atoms with Gasteiger partial charge in [-0.15, -0.1) is 5.10 Å². The Morgan fingerprint density at radius 1 is 0.938 bits per heavy atom. The Kier molecular flexibility index (Phi) is 14.3. The molecule has 5 fully saturated rings. The van der Waals surface area contributed by atoms with Gasteiger partial charge < -0.3 is 44.9 Å². The van der Waals surface area contributed by atoms with Gasteiger partial charge in [-0.25, -0.2) is 9.07 Å². The van der Waals surface area contributed by atoms with Gasteiger partial charge in [0.1, 0.15) is 47.6 Å². The number of piperazine rings is 1. The molecule has 5 aliphatic rings. The molecule has 0 spiro atoms. The number of benzene rings is 4. The fourth-order valence-corrected chi connectivity index (χ4v) is 12.5. The first-order chi connectivity index (χ1) is 39.5. The summed E-state index contributed by atoms with van der Waals surface area (Å²) in [6, 6.07) is 22.5. The molecule has 8 aromatic rings. The lowest BCUT2D eigenvalue weighted by atomic mass is 9.91. The van der Waals surface area contributed by atoms with E-state index in [1.807, 2.05) is 80.6 Å². The quantitative estimate of drug-likeness (QED) is 0.0584. The van der Waals surface area contributed by atoms with E-state index in [0.29, 0.717) is 76.7 Å². The highest BCUT2D eigenvalue weighted by Crippen LogP contribution is 2.54. The van der Waals surface area contributed by atoms with Gasteiger partial charge in [-0.3, -0.25) is 19.7 Å². The van der Waals surface area contributed by atoms with Crippen molar-refractivity contribution in [1.29, 1.82) is 0 Å². The topological polar surface area (TPSA) is 231 Å². The minimum atomic E-state index is -0.990. The van der Waals surface area contributed by atoms with Crippen LogP contribution in [0.1, 0.15) is 87.1 Å². The fourth-order valence-electron chi connectivity index (χ4n) is 12.2. The number of halogens is 2. The normalized spacial score (nSPS) is 20.9. The Bertz CT molecular complexity index is 3630. The smallest absolute Gasteiger partial charge is 0.319 e. The zero-order valence-corrected chi connectivity index (χ0v) is 45.6. The number of aromatic nitrogens is 8. The summed E-state index contributed by atoms with van der Waals surface area (Å²) in [5.74, 6) is -0.363. The molecule has 0 unspecified atom stereocenters. The monoisotopic (exact) mass is 1120 g/mol. The number of amides is 2. The lowest BCUT2D eigenvalue weighted by Crippen LogP contribution is -2.50. The summed E-state index contributed by atoms with van der Waals surface area (Å²) in [4.78, 5) is 47.2. The lowest BCUT2D eigenvalue weighted by Gasteiger charge is -2.31. The van der Waals surface area contributed by atoms with Gasteiger partial charge in [-0.05, 0) is 66.0 Å². The van der Waals surface area contributed by atoms with Crippen molar-refractivity contribution in [3.05, 3.63) is 125 Å². The number of fused-ring (bicyclic) bond motifs is 4. The number of carbonyl (C=O) groups excluding carboxylic acids is 2. The van der Waals surface area contributed by atoms with Crippen LogP contribution in [0.25, 0.3) is 55.4 Å². The number of carbonyl (C=O) groups is 2. The van der Waals surface area contributed by atoms with Gasteiger partial charge >= 0.3 is 6.01 Å². The maximum absolute atomic E-state index is 16.0. The number of aromatic amines is 1.